The van der Waals surface area contributed by atoms with Crippen molar-refractivity contribution in [3.05, 3.63) is 54.1 Å². The number of carbonyl (C=O) groups excluding carboxylic acids is 1. The minimum Gasteiger partial charge on any atom is -0.338 e. The van der Waals surface area contributed by atoms with Gasteiger partial charge in [-0.3, -0.25) is 9.36 Å². The molecule has 4 nitrogen and oxygen atoms in total. The minimum absolute atomic E-state index is 0.0551. The molecule has 2 aromatic rings. The number of nitrogens with zero attached hydrogens (tertiary/aromatic N) is 3. The normalized spacial score (nSPS) is 12.4. The Labute approximate surface area is 128 Å². The topological polar surface area (TPSA) is 38.1 Å². The average molecular weight is 307 g/mol. The Bertz CT molecular complexity index is 613. The zero-order valence-electron chi connectivity index (χ0n) is 12.6. The standard InChI is InChI=1S/C16H19F2N3O/c1-3-13(12-7-5-4-6-8-12)15(22)20(2)11-14-19-9-10-21(14)16(17)18/h4-10,13,16H,3,11H2,1-2H3. The summed E-state index contributed by atoms with van der Waals surface area (Å²) in [5.41, 5.74) is 0.930. The molecule has 6 heteroatoms. The molecule has 0 aliphatic heterocycles. The number of carbonyl (C=O) groups is 1. The second kappa shape index (κ2) is 7.15. The number of amides is 1. The van der Waals surface area contributed by atoms with Crippen LogP contribution in [0.15, 0.2) is 42.7 Å². The number of benzene rings is 1. The van der Waals surface area contributed by atoms with Gasteiger partial charge in [0.1, 0.15) is 5.82 Å². The molecule has 1 aromatic heterocycles. The largest absolute Gasteiger partial charge is 0.338 e. The van der Waals surface area contributed by atoms with E-state index in [-0.39, 0.29) is 24.2 Å². The Morgan fingerprint density at radius 1 is 1.32 bits per heavy atom. The summed E-state index contributed by atoms with van der Waals surface area (Å²) in [5.74, 6) is -0.201. The van der Waals surface area contributed by atoms with Crippen LogP contribution in [0.4, 0.5) is 8.78 Å². The van der Waals surface area contributed by atoms with Gasteiger partial charge in [0.15, 0.2) is 0 Å². The fourth-order valence-corrected chi connectivity index (χ4v) is 2.44. The van der Waals surface area contributed by atoms with Gasteiger partial charge in [-0.2, -0.15) is 8.78 Å². The highest BCUT2D eigenvalue weighted by atomic mass is 19.3. The van der Waals surface area contributed by atoms with Gasteiger partial charge >= 0.3 is 6.55 Å². The second-order valence-electron chi connectivity index (χ2n) is 5.09. The molecule has 2 rings (SSSR count). The monoisotopic (exact) mass is 307 g/mol. The highest BCUT2D eigenvalue weighted by Crippen LogP contribution is 2.22. The first kappa shape index (κ1) is 16.1. The van der Waals surface area contributed by atoms with E-state index in [0.717, 1.165) is 10.1 Å². The predicted molar refractivity (Wildman–Crippen MR) is 79.4 cm³/mol. The number of alkyl halides is 2. The van der Waals surface area contributed by atoms with Gasteiger partial charge in [-0.1, -0.05) is 37.3 Å². The van der Waals surface area contributed by atoms with Gasteiger partial charge in [0.2, 0.25) is 5.91 Å². The van der Waals surface area contributed by atoms with Crippen LogP contribution in [0.1, 0.15) is 37.2 Å². The summed E-state index contributed by atoms with van der Waals surface area (Å²) >= 11 is 0. The van der Waals surface area contributed by atoms with Crippen molar-refractivity contribution in [1.29, 1.82) is 0 Å². The molecule has 1 heterocycles. The Balaban J connectivity index is 2.12. The van der Waals surface area contributed by atoms with Crippen LogP contribution in [0.2, 0.25) is 0 Å². The van der Waals surface area contributed by atoms with Crippen LogP contribution in [0.5, 0.6) is 0 Å². The first-order valence-electron chi connectivity index (χ1n) is 7.14. The van der Waals surface area contributed by atoms with Crippen LogP contribution in [-0.4, -0.2) is 27.4 Å². The third-order valence-electron chi connectivity index (χ3n) is 3.62. The Kier molecular flexibility index (Phi) is 5.25. The predicted octanol–water partition coefficient (Wildman–Crippen LogP) is 3.43. The van der Waals surface area contributed by atoms with E-state index in [1.54, 1.807) is 7.05 Å². The molecule has 0 saturated carbocycles. The van der Waals surface area contributed by atoms with Crippen molar-refractivity contribution in [2.75, 3.05) is 7.05 Å². The minimum atomic E-state index is -2.66. The summed E-state index contributed by atoms with van der Waals surface area (Å²) in [7, 11) is 1.61. The first-order chi connectivity index (χ1) is 10.5. The molecule has 0 saturated heterocycles. The van der Waals surface area contributed by atoms with Gasteiger partial charge in [0, 0.05) is 19.4 Å². The molecule has 0 bridgehead atoms. The van der Waals surface area contributed by atoms with Gasteiger partial charge in [0.25, 0.3) is 0 Å². The maximum Gasteiger partial charge on any atom is 0.319 e. The number of halogens is 2. The van der Waals surface area contributed by atoms with Gasteiger partial charge in [-0.25, -0.2) is 4.98 Å². The van der Waals surface area contributed by atoms with E-state index < -0.39 is 6.55 Å². The van der Waals surface area contributed by atoms with Crippen molar-refractivity contribution in [1.82, 2.24) is 14.5 Å². The summed E-state index contributed by atoms with van der Waals surface area (Å²) in [6.45, 7) is -0.666. The molecule has 1 amide bonds. The number of rotatable bonds is 6. The molecule has 0 aliphatic carbocycles. The van der Waals surface area contributed by atoms with E-state index in [2.05, 4.69) is 4.98 Å². The highest BCUT2D eigenvalue weighted by molar-refractivity contribution is 5.83. The summed E-state index contributed by atoms with van der Waals surface area (Å²) in [5, 5.41) is 0. The zero-order chi connectivity index (χ0) is 16.1. The zero-order valence-corrected chi connectivity index (χ0v) is 12.6. The van der Waals surface area contributed by atoms with E-state index >= 15 is 0 Å². The molecule has 0 N–H and O–H groups in total. The second-order valence-corrected chi connectivity index (χ2v) is 5.09. The maximum atomic E-state index is 12.8. The van der Waals surface area contributed by atoms with Crippen molar-refractivity contribution in [3.63, 3.8) is 0 Å². The first-order valence-corrected chi connectivity index (χ1v) is 7.14. The summed E-state index contributed by atoms with van der Waals surface area (Å²) < 4.78 is 26.4. The molecule has 118 valence electrons. The van der Waals surface area contributed by atoms with Gasteiger partial charge in [-0.05, 0) is 12.0 Å². The van der Waals surface area contributed by atoms with E-state index in [4.69, 9.17) is 0 Å². The van der Waals surface area contributed by atoms with Crippen molar-refractivity contribution in [2.45, 2.75) is 32.4 Å². The Morgan fingerprint density at radius 3 is 2.59 bits per heavy atom. The third kappa shape index (κ3) is 3.50. The lowest BCUT2D eigenvalue weighted by Gasteiger charge is -2.23. The number of likely N-dealkylation sites (N-methyl/N-ethyl adjacent to an activating group) is 1. The molecule has 0 fully saturated rings. The molecule has 0 aliphatic rings. The molecule has 0 spiro atoms. The van der Waals surface area contributed by atoms with Gasteiger partial charge in [0.05, 0.1) is 12.5 Å². The van der Waals surface area contributed by atoms with Crippen LogP contribution in [0.25, 0.3) is 0 Å². The smallest absolute Gasteiger partial charge is 0.319 e. The molecule has 1 atom stereocenters. The molecule has 22 heavy (non-hydrogen) atoms. The SMILES string of the molecule is CCC(C(=O)N(C)Cc1nccn1C(F)F)c1ccccc1. The summed E-state index contributed by atoms with van der Waals surface area (Å²) in [4.78, 5) is 17.9. The molecule has 0 radical (unpaired) electrons. The van der Waals surface area contributed by atoms with Crippen molar-refractivity contribution >= 4 is 5.91 Å². The molecule has 1 unspecified atom stereocenters. The van der Waals surface area contributed by atoms with Crippen LogP contribution in [0.3, 0.4) is 0 Å². The van der Waals surface area contributed by atoms with Gasteiger partial charge < -0.3 is 4.90 Å². The third-order valence-corrected chi connectivity index (χ3v) is 3.62. The molecule has 1 aromatic carbocycles. The van der Waals surface area contributed by atoms with E-state index in [1.807, 2.05) is 37.3 Å². The fourth-order valence-electron chi connectivity index (χ4n) is 2.44. The highest BCUT2D eigenvalue weighted by Gasteiger charge is 2.23. The van der Waals surface area contributed by atoms with Crippen LogP contribution >= 0.6 is 0 Å². The maximum absolute atomic E-state index is 12.8. The lowest BCUT2D eigenvalue weighted by atomic mass is 9.95. The van der Waals surface area contributed by atoms with Gasteiger partial charge in [-0.15, -0.1) is 0 Å². The lowest BCUT2D eigenvalue weighted by Crippen LogP contribution is -2.32. The number of hydrogen-bond acceptors (Lipinski definition) is 2. The van der Waals surface area contributed by atoms with E-state index in [0.29, 0.717) is 6.42 Å². The van der Waals surface area contributed by atoms with Crippen molar-refractivity contribution in [2.24, 2.45) is 0 Å². The quantitative estimate of drug-likeness (QED) is 0.820. The van der Waals surface area contributed by atoms with E-state index in [1.165, 1.54) is 17.3 Å². The van der Waals surface area contributed by atoms with Crippen molar-refractivity contribution < 1.29 is 13.6 Å². The molecular formula is C16H19F2N3O. The fraction of sp³-hybridized carbons (Fsp3) is 0.375. The van der Waals surface area contributed by atoms with E-state index in [9.17, 15) is 13.6 Å². The number of aromatic nitrogens is 2. The summed E-state index contributed by atoms with van der Waals surface area (Å²) in [6.07, 6.45) is 3.18. The average Bonchev–Trinajstić information content (AvgIpc) is 2.97. The number of hydrogen-bond donors (Lipinski definition) is 0. The summed E-state index contributed by atoms with van der Waals surface area (Å²) in [6, 6.07) is 9.47. The van der Waals surface area contributed by atoms with Crippen LogP contribution in [0, 0.1) is 0 Å². The van der Waals surface area contributed by atoms with Crippen LogP contribution in [-0.2, 0) is 11.3 Å². The van der Waals surface area contributed by atoms with Crippen LogP contribution < -0.4 is 0 Å². The number of imidazole rings is 1. The van der Waals surface area contributed by atoms with Crippen molar-refractivity contribution in [3.8, 4) is 0 Å². The lowest BCUT2D eigenvalue weighted by molar-refractivity contribution is -0.132. The Morgan fingerprint density at radius 2 is 2.00 bits per heavy atom. The molecular weight excluding hydrogens is 288 g/mol. The Hall–Kier alpha value is -2.24.